The van der Waals surface area contributed by atoms with Crippen LogP contribution in [-0.4, -0.2) is 40.0 Å². The van der Waals surface area contributed by atoms with Crippen LogP contribution in [0.25, 0.3) is 0 Å². The number of aliphatic hydroxyl groups excluding tert-OH is 1. The molecule has 26 heavy (non-hydrogen) atoms. The lowest BCUT2D eigenvalue weighted by molar-refractivity contribution is -0.137. The van der Waals surface area contributed by atoms with Crippen LogP contribution in [0.2, 0.25) is 0 Å². The van der Waals surface area contributed by atoms with Gasteiger partial charge in [-0.3, -0.25) is 14.4 Å². The Morgan fingerprint density at radius 2 is 2.00 bits per heavy atom. The van der Waals surface area contributed by atoms with E-state index in [4.69, 9.17) is 5.11 Å². The number of ketones is 2. The normalized spacial score (nSPS) is 24.3. The Hall–Kier alpha value is -1.56. The molecule has 0 radical (unpaired) electrons. The predicted octanol–water partition coefficient (Wildman–Crippen LogP) is 3.63. The van der Waals surface area contributed by atoms with E-state index < -0.39 is 24.0 Å². The lowest BCUT2D eigenvalue weighted by atomic mass is 9.86. The maximum Gasteiger partial charge on any atom is 0.303 e. The molecule has 148 valence electrons. The van der Waals surface area contributed by atoms with Gasteiger partial charge in [0.2, 0.25) is 0 Å². The number of hydrogen-bond donors (Lipinski definition) is 2. The molecule has 0 spiro atoms. The molecule has 2 N–H and O–H groups in total. The first-order chi connectivity index (χ1) is 12.4. The molecule has 0 heterocycles. The molecule has 0 aromatic heterocycles. The Morgan fingerprint density at radius 3 is 2.65 bits per heavy atom. The second kappa shape index (κ2) is 11.9. The topological polar surface area (TPSA) is 91.7 Å². The number of carboxylic acids is 1. The van der Waals surface area contributed by atoms with Crippen molar-refractivity contribution in [1.29, 1.82) is 0 Å². The van der Waals surface area contributed by atoms with Crippen molar-refractivity contribution < 1.29 is 29.0 Å². The molecule has 6 heteroatoms. The maximum absolute atomic E-state index is 13.8. The van der Waals surface area contributed by atoms with Crippen LogP contribution in [0.3, 0.4) is 0 Å². The zero-order valence-corrected chi connectivity index (χ0v) is 15.5. The van der Waals surface area contributed by atoms with Crippen molar-refractivity contribution >= 4 is 17.5 Å². The van der Waals surface area contributed by atoms with Crippen molar-refractivity contribution in [3.05, 3.63) is 12.2 Å². The SMILES string of the molecule is CCCCC(F)C(=O)CC[C@H]1[C@H](O)CC(=O)[C@@H]1CC=CCCCC(=O)O. The molecule has 1 saturated carbocycles. The van der Waals surface area contributed by atoms with Crippen molar-refractivity contribution in [2.75, 3.05) is 0 Å². The molecule has 1 rings (SSSR count). The Balaban J connectivity index is 2.46. The second-order valence-electron chi connectivity index (χ2n) is 7.12. The summed E-state index contributed by atoms with van der Waals surface area (Å²) in [6, 6.07) is 0. The number of carbonyl (C=O) groups excluding carboxylic acids is 2. The fourth-order valence-electron chi connectivity index (χ4n) is 3.46. The van der Waals surface area contributed by atoms with E-state index >= 15 is 0 Å². The number of rotatable bonds is 13. The third kappa shape index (κ3) is 7.77. The van der Waals surface area contributed by atoms with E-state index in [-0.39, 0.29) is 43.3 Å². The maximum atomic E-state index is 13.8. The van der Waals surface area contributed by atoms with Gasteiger partial charge in [-0.05, 0) is 38.0 Å². The zero-order chi connectivity index (χ0) is 19.5. The molecule has 1 aliphatic rings. The van der Waals surface area contributed by atoms with Gasteiger partial charge in [0.1, 0.15) is 5.78 Å². The number of aliphatic hydroxyl groups is 1. The molecule has 5 nitrogen and oxygen atoms in total. The number of unbranched alkanes of at least 4 members (excludes halogenated alkanes) is 2. The first-order valence-corrected chi connectivity index (χ1v) is 9.61. The summed E-state index contributed by atoms with van der Waals surface area (Å²) < 4.78 is 13.8. The Kier molecular flexibility index (Phi) is 10.3. The van der Waals surface area contributed by atoms with Crippen LogP contribution in [0, 0.1) is 11.8 Å². The van der Waals surface area contributed by atoms with E-state index in [0.717, 1.165) is 6.42 Å². The van der Waals surface area contributed by atoms with Crippen molar-refractivity contribution in [3.8, 4) is 0 Å². The fourth-order valence-corrected chi connectivity index (χ4v) is 3.46. The molecule has 4 atom stereocenters. The van der Waals surface area contributed by atoms with Crippen LogP contribution in [-0.2, 0) is 14.4 Å². The van der Waals surface area contributed by atoms with Crippen LogP contribution < -0.4 is 0 Å². The van der Waals surface area contributed by atoms with E-state index in [1.807, 2.05) is 19.1 Å². The van der Waals surface area contributed by atoms with Crippen LogP contribution in [0.15, 0.2) is 12.2 Å². The number of halogens is 1. The summed E-state index contributed by atoms with van der Waals surface area (Å²) >= 11 is 0. The highest BCUT2D eigenvalue weighted by Gasteiger charge is 2.40. The van der Waals surface area contributed by atoms with E-state index in [1.54, 1.807) is 0 Å². The van der Waals surface area contributed by atoms with Gasteiger partial charge in [-0.2, -0.15) is 0 Å². The summed E-state index contributed by atoms with van der Waals surface area (Å²) in [5.74, 6) is -1.95. The average molecular weight is 370 g/mol. The standard InChI is InChI=1S/C20H31FO5/c1-2-3-9-16(21)17(22)12-11-15-14(18(23)13-19(15)24)8-6-4-5-7-10-20(25)26/h4,6,14-16,19,24H,2-3,5,7-13H2,1H3,(H,25,26)/t14-,15-,16?,19-/m1/s1. The van der Waals surface area contributed by atoms with Gasteiger partial charge < -0.3 is 10.2 Å². The van der Waals surface area contributed by atoms with Gasteiger partial charge in [0, 0.05) is 25.2 Å². The Bertz CT molecular complexity index is 502. The predicted molar refractivity (Wildman–Crippen MR) is 96.5 cm³/mol. The molecular weight excluding hydrogens is 339 g/mol. The third-order valence-electron chi connectivity index (χ3n) is 5.04. The molecule has 0 aromatic rings. The number of allylic oxidation sites excluding steroid dienone is 2. The second-order valence-corrected chi connectivity index (χ2v) is 7.12. The summed E-state index contributed by atoms with van der Waals surface area (Å²) in [6.45, 7) is 1.94. The van der Waals surface area contributed by atoms with Gasteiger partial charge in [-0.15, -0.1) is 0 Å². The molecule has 0 aliphatic heterocycles. The quantitative estimate of drug-likeness (QED) is 0.381. The first kappa shape index (κ1) is 22.5. The number of carbonyl (C=O) groups is 3. The lowest BCUT2D eigenvalue weighted by Gasteiger charge is -2.20. The Labute approximate surface area is 154 Å². The first-order valence-electron chi connectivity index (χ1n) is 9.61. The smallest absolute Gasteiger partial charge is 0.303 e. The van der Waals surface area contributed by atoms with E-state index in [1.165, 1.54) is 0 Å². The average Bonchev–Trinajstić information content (AvgIpc) is 2.86. The minimum Gasteiger partial charge on any atom is -0.481 e. The molecule has 1 aliphatic carbocycles. The number of hydrogen-bond acceptors (Lipinski definition) is 4. The van der Waals surface area contributed by atoms with Crippen LogP contribution in [0.5, 0.6) is 0 Å². The van der Waals surface area contributed by atoms with E-state index in [0.29, 0.717) is 32.1 Å². The number of carboxylic acid groups (broad SMARTS) is 1. The minimum atomic E-state index is -1.45. The summed E-state index contributed by atoms with van der Waals surface area (Å²) in [4.78, 5) is 34.4. The summed E-state index contributed by atoms with van der Waals surface area (Å²) in [6.07, 6.45) is 5.45. The molecule has 0 saturated heterocycles. The third-order valence-corrected chi connectivity index (χ3v) is 5.04. The monoisotopic (exact) mass is 370 g/mol. The fraction of sp³-hybridized carbons (Fsp3) is 0.750. The van der Waals surface area contributed by atoms with Crippen LogP contribution in [0.4, 0.5) is 4.39 Å². The summed E-state index contributed by atoms with van der Waals surface area (Å²) in [7, 11) is 0. The highest BCUT2D eigenvalue weighted by Crippen LogP contribution is 2.35. The van der Waals surface area contributed by atoms with Gasteiger partial charge in [-0.1, -0.05) is 31.9 Å². The molecular formula is C20H31FO5. The summed E-state index contributed by atoms with van der Waals surface area (Å²) in [5, 5.41) is 18.7. The van der Waals surface area contributed by atoms with Gasteiger partial charge in [0.15, 0.2) is 12.0 Å². The van der Waals surface area contributed by atoms with Crippen LogP contribution >= 0.6 is 0 Å². The van der Waals surface area contributed by atoms with Crippen molar-refractivity contribution in [3.63, 3.8) is 0 Å². The number of Topliss-reactive ketones (excluding diaryl/α,β-unsaturated/α-hetero) is 2. The molecule has 0 aromatic carbocycles. The van der Waals surface area contributed by atoms with Crippen molar-refractivity contribution in [2.45, 2.75) is 83.4 Å². The molecule has 0 bridgehead atoms. The van der Waals surface area contributed by atoms with Crippen molar-refractivity contribution in [1.82, 2.24) is 0 Å². The Morgan fingerprint density at radius 1 is 1.27 bits per heavy atom. The largest absolute Gasteiger partial charge is 0.481 e. The van der Waals surface area contributed by atoms with Gasteiger partial charge in [-0.25, -0.2) is 4.39 Å². The number of aliphatic carboxylic acids is 1. The lowest BCUT2D eigenvalue weighted by Crippen LogP contribution is -2.23. The van der Waals surface area contributed by atoms with Gasteiger partial charge >= 0.3 is 5.97 Å². The van der Waals surface area contributed by atoms with E-state index in [2.05, 4.69) is 0 Å². The highest BCUT2D eigenvalue weighted by atomic mass is 19.1. The molecule has 1 fully saturated rings. The van der Waals surface area contributed by atoms with Crippen LogP contribution in [0.1, 0.15) is 71.1 Å². The minimum absolute atomic E-state index is 0.0204. The number of alkyl halides is 1. The molecule has 1 unspecified atom stereocenters. The highest BCUT2D eigenvalue weighted by molar-refractivity contribution is 5.85. The summed E-state index contributed by atoms with van der Waals surface area (Å²) in [5.41, 5.74) is 0. The van der Waals surface area contributed by atoms with Crippen molar-refractivity contribution in [2.24, 2.45) is 11.8 Å². The zero-order valence-electron chi connectivity index (χ0n) is 15.5. The molecule has 0 amide bonds. The van der Waals surface area contributed by atoms with Gasteiger partial charge in [0.25, 0.3) is 0 Å². The van der Waals surface area contributed by atoms with Gasteiger partial charge in [0.05, 0.1) is 6.10 Å². The van der Waals surface area contributed by atoms with E-state index in [9.17, 15) is 23.9 Å².